The van der Waals surface area contributed by atoms with Crippen LogP contribution in [0.25, 0.3) is 5.57 Å². The van der Waals surface area contributed by atoms with Crippen LogP contribution in [0.1, 0.15) is 52.6 Å². The van der Waals surface area contributed by atoms with Crippen molar-refractivity contribution in [3.63, 3.8) is 0 Å². The third-order valence-corrected chi connectivity index (χ3v) is 6.13. The molecule has 1 aromatic carbocycles. The summed E-state index contributed by atoms with van der Waals surface area (Å²) in [5, 5.41) is 15.1. The van der Waals surface area contributed by atoms with Gasteiger partial charge in [-0.2, -0.15) is 0 Å². The first-order chi connectivity index (χ1) is 15.7. The molecule has 0 aliphatic carbocycles. The minimum absolute atomic E-state index is 0.111. The SMILES string of the molecule is CCOC(=O)c1sc(C2=C(C)NC(C)=C(OC(=O)OC)C2c2cccc([N+](=O)[O-])c2)nc1C. The van der Waals surface area contributed by atoms with E-state index in [2.05, 4.69) is 15.0 Å². The average molecular weight is 474 g/mol. The number of benzene rings is 1. The Morgan fingerprint density at radius 1 is 1.24 bits per heavy atom. The highest BCUT2D eigenvalue weighted by molar-refractivity contribution is 7.14. The van der Waals surface area contributed by atoms with Crippen LogP contribution < -0.4 is 5.32 Å². The molecule has 0 amide bonds. The summed E-state index contributed by atoms with van der Waals surface area (Å²) in [6.45, 7) is 7.19. The number of thiazole rings is 1. The fourth-order valence-corrected chi connectivity index (χ4v) is 4.65. The molecule has 2 aromatic rings. The Bertz CT molecular complexity index is 1180. The van der Waals surface area contributed by atoms with E-state index < -0.39 is 23.0 Å². The van der Waals surface area contributed by atoms with Crippen LogP contribution in [-0.2, 0) is 14.2 Å². The van der Waals surface area contributed by atoms with Gasteiger partial charge in [-0.3, -0.25) is 10.1 Å². The Morgan fingerprint density at radius 3 is 2.61 bits per heavy atom. The van der Waals surface area contributed by atoms with Gasteiger partial charge < -0.3 is 19.5 Å². The number of rotatable bonds is 6. The molecule has 0 fully saturated rings. The molecule has 11 heteroatoms. The normalized spacial score (nSPS) is 15.7. The van der Waals surface area contributed by atoms with Gasteiger partial charge in [-0.05, 0) is 33.3 Å². The van der Waals surface area contributed by atoms with Crippen molar-refractivity contribution >= 4 is 34.7 Å². The largest absolute Gasteiger partial charge is 0.513 e. The Balaban J connectivity index is 2.20. The number of hydrogen-bond donors (Lipinski definition) is 1. The predicted octanol–water partition coefficient (Wildman–Crippen LogP) is 4.67. The number of dihydropyridines is 1. The van der Waals surface area contributed by atoms with E-state index in [9.17, 15) is 19.7 Å². The molecule has 0 bridgehead atoms. The molecule has 10 nitrogen and oxygen atoms in total. The minimum atomic E-state index is -0.928. The number of carbonyl (C=O) groups is 2. The molecule has 1 aliphatic heterocycles. The number of non-ortho nitro benzene ring substituents is 1. The van der Waals surface area contributed by atoms with Gasteiger partial charge in [0.1, 0.15) is 15.6 Å². The molecule has 1 unspecified atom stereocenters. The smallest absolute Gasteiger partial charge is 0.462 e. The van der Waals surface area contributed by atoms with E-state index >= 15 is 0 Å². The number of aryl methyl sites for hydroxylation is 1. The molecular formula is C22H23N3O7S. The summed E-state index contributed by atoms with van der Waals surface area (Å²) in [6, 6.07) is 6.07. The Morgan fingerprint density at radius 2 is 1.97 bits per heavy atom. The third kappa shape index (κ3) is 4.87. The number of nitrogens with one attached hydrogen (secondary N) is 1. The second-order valence-electron chi connectivity index (χ2n) is 7.15. The lowest BCUT2D eigenvalue weighted by Crippen LogP contribution is -2.26. The molecule has 1 N–H and O–H groups in total. The van der Waals surface area contributed by atoms with Gasteiger partial charge in [-0.1, -0.05) is 12.1 Å². The molecule has 0 saturated carbocycles. The molecule has 2 heterocycles. The average Bonchev–Trinajstić information content (AvgIpc) is 3.16. The molecule has 1 atom stereocenters. The maximum Gasteiger partial charge on any atom is 0.513 e. The van der Waals surface area contributed by atoms with Gasteiger partial charge in [-0.15, -0.1) is 11.3 Å². The van der Waals surface area contributed by atoms with Crippen LogP contribution in [0.2, 0.25) is 0 Å². The monoisotopic (exact) mass is 473 g/mol. The van der Waals surface area contributed by atoms with Crippen LogP contribution in [0.4, 0.5) is 10.5 Å². The second-order valence-corrected chi connectivity index (χ2v) is 8.15. The molecule has 174 valence electrons. The van der Waals surface area contributed by atoms with Crippen LogP contribution >= 0.6 is 11.3 Å². The van der Waals surface area contributed by atoms with E-state index in [0.29, 0.717) is 38.1 Å². The van der Waals surface area contributed by atoms with Crippen LogP contribution in [-0.4, -0.2) is 35.7 Å². The highest BCUT2D eigenvalue weighted by Crippen LogP contribution is 2.45. The summed E-state index contributed by atoms with van der Waals surface area (Å²) in [4.78, 5) is 40.2. The lowest BCUT2D eigenvalue weighted by molar-refractivity contribution is -0.384. The lowest BCUT2D eigenvalue weighted by atomic mass is 9.85. The number of aromatic nitrogens is 1. The van der Waals surface area contributed by atoms with Crippen molar-refractivity contribution in [2.75, 3.05) is 13.7 Å². The lowest BCUT2D eigenvalue weighted by Gasteiger charge is -2.30. The summed E-state index contributed by atoms with van der Waals surface area (Å²) >= 11 is 1.14. The van der Waals surface area contributed by atoms with Gasteiger partial charge in [0.2, 0.25) is 0 Å². The van der Waals surface area contributed by atoms with E-state index in [1.165, 1.54) is 19.2 Å². The van der Waals surface area contributed by atoms with E-state index in [-0.39, 0.29) is 18.1 Å². The van der Waals surface area contributed by atoms with E-state index in [1.807, 2.05) is 6.92 Å². The first-order valence-corrected chi connectivity index (χ1v) is 10.8. The van der Waals surface area contributed by atoms with Crippen molar-refractivity contribution in [3.8, 4) is 0 Å². The van der Waals surface area contributed by atoms with Gasteiger partial charge in [-0.25, -0.2) is 14.6 Å². The van der Waals surface area contributed by atoms with Gasteiger partial charge in [0.05, 0.1) is 35.9 Å². The van der Waals surface area contributed by atoms with Crippen molar-refractivity contribution in [1.82, 2.24) is 10.3 Å². The van der Waals surface area contributed by atoms with Gasteiger partial charge >= 0.3 is 12.1 Å². The predicted molar refractivity (Wildman–Crippen MR) is 121 cm³/mol. The molecular weight excluding hydrogens is 450 g/mol. The fraction of sp³-hybridized carbons (Fsp3) is 0.318. The number of nitrogens with zero attached hydrogens (tertiary/aromatic N) is 2. The first kappa shape index (κ1) is 23.9. The summed E-state index contributed by atoms with van der Waals surface area (Å²) in [6.07, 6.45) is -0.928. The number of nitro benzene ring substituents is 1. The number of hydrogen-bond acceptors (Lipinski definition) is 10. The number of nitro groups is 1. The van der Waals surface area contributed by atoms with Gasteiger partial charge in [0.25, 0.3) is 5.69 Å². The first-order valence-electron chi connectivity index (χ1n) is 10.0. The maximum absolute atomic E-state index is 12.4. The Kier molecular flexibility index (Phi) is 7.12. The standard InChI is InChI=1S/C22H23N3O7S/c1-6-31-21(26)19-13(4)24-20(33-19)16-11(2)23-12(3)18(32-22(27)30-5)17(16)14-8-7-9-15(10-14)25(28)29/h7-10,17,23H,6H2,1-5H3. The fourth-order valence-electron chi connectivity index (χ4n) is 3.56. The van der Waals surface area contributed by atoms with Crippen molar-refractivity contribution in [3.05, 3.63) is 72.7 Å². The van der Waals surface area contributed by atoms with Gasteiger partial charge in [0, 0.05) is 23.4 Å². The number of allylic oxidation sites excluding steroid dienone is 3. The van der Waals surface area contributed by atoms with Crippen LogP contribution in [0, 0.1) is 17.0 Å². The Hall–Kier alpha value is -3.73. The molecule has 0 spiro atoms. The molecule has 3 rings (SSSR count). The summed E-state index contributed by atoms with van der Waals surface area (Å²) < 4.78 is 15.3. The van der Waals surface area contributed by atoms with E-state index in [0.717, 1.165) is 11.3 Å². The molecule has 1 aromatic heterocycles. The summed E-state index contributed by atoms with van der Waals surface area (Å²) in [5.74, 6) is -0.982. The number of methoxy groups -OCH3 is 1. The quantitative estimate of drug-likeness (QED) is 0.361. The molecule has 33 heavy (non-hydrogen) atoms. The Labute approximate surface area is 194 Å². The summed E-state index contributed by atoms with van der Waals surface area (Å²) in [7, 11) is 1.19. The van der Waals surface area contributed by atoms with E-state index in [4.69, 9.17) is 9.47 Å². The highest BCUT2D eigenvalue weighted by atomic mass is 32.1. The number of carbonyl (C=O) groups excluding carboxylic acids is 2. The van der Waals surface area contributed by atoms with Gasteiger partial charge in [0.15, 0.2) is 0 Å². The number of esters is 1. The van der Waals surface area contributed by atoms with Crippen molar-refractivity contribution in [1.29, 1.82) is 0 Å². The third-order valence-electron chi connectivity index (χ3n) is 4.96. The second kappa shape index (κ2) is 9.82. The van der Waals surface area contributed by atoms with Crippen molar-refractivity contribution in [2.45, 2.75) is 33.6 Å². The van der Waals surface area contributed by atoms with Crippen molar-refractivity contribution in [2.24, 2.45) is 0 Å². The topological polar surface area (TPSA) is 130 Å². The van der Waals surface area contributed by atoms with Crippen LogP contribution in [0.3, 0.4) is 0 Å². The number of ether oxygens (including phenoxy) is 3. The zero-order chi connectivity index (χ0) is 24.3. The maximum atomic E-state index is 12.4. The summed E-state index contributed by atoms with van der Waals surface area (Å²) in [5.41, 5.74) is 2.75. The van der Waals surface area contributed by atoms with Crippen molar-refractivity contribution < 1.29 is 28.7 Å². The molecule has 1 aliphatic rings. The highest BCUT2D eigenvalue weighted by Gasteiger charge is 2.36. The van der Waals surface area contributed by atoms with Crippen LogP contribution in [0.15, 0.2) is 41.4 Å². The minimum Gasteiger partial charge on any atom is -0.462 e. The zero-order valence-corrected chi connectivity index (χ0v) is 19.6. The molecule has 0 radical (unpaired) electrons. The molecule has 0 saturated heterocycles. The zero-order valence-electron chi connectivity index (χ0n) is 18.8. The van der Waals surface area contributed by atoms with E-state index in [1.54, 1.807) is 32.9 Å². The van der Waals surface area contributed by atoms with Crippen LogP contribution in [0.5, 0.6) is 0 Å².